The van der Waals surface area contributed by atoms with Gasteiger partial charge in [-0.2, -0.15) is 4.39 Å². The molecule has 1 unspecified atom stereocenters. The highest BCUT2D eigenvalue weighted by atomic mass is 19.1. The lowest BCUT2D eigenvalue weighted by Gasteiger charge is -2.08. The predicted molar refractivity (Wildman–Crippen MR) is 78.7 cm³/mol. The average Bonchev–Trinajstić information content (AvgIpc) is 2.92. The molecule has 2 heterocycles. The van der Waals surface area contributed by atoms with Crippen molar-refractivity contribution in [2.45, 2.75) is 19.6 Å². The van der Waals surface area contributed by atoms with Crippen molar-refractivity contribution in [1.82, 2.24) is 9.55 Å². The molecule has 3 rings (SSSR count). The fourth-order valence-corrected chi connectivity index (χ4v) is 2.26. The normalized spacial score (nSPS) is 17.9. The summed E-state index contributed by atoms with van der Waals surface area (Å²) in [4.78, 5) is 24.5. The number of nitrogens with one attached hydrogen (secondary N) is 1. The van der Waals surface area contributed by atoms with Gasteiger partial charge >= 0.3 is 12.8 Å². The van der Waals surface area contributed by atoms with E-state index in [4.69, 9.17) is 9.31 Å². The number of aromatic amines is 1. The second kappa shape index (κ2) is 5.90. The summed E-state index contributed by atoms with van der Waals surface area (Å²) in [6.45, 7) is 2.65. The molecule has 0 bridgehead atoms. The lowest BCUT2D eigenvalue weighted by Crippen LogP contribution is -2.33. The number of H-pyrrole nitrogens is 1. The van der Waals surface area contributed by atoms with Gasteiger partial charge < -0.3 is 9.31 Å². The largest absolute Gasteiger partial charge is 0.494 e. The van der Waals surface area contributed by atoms with E-state index in [0.29, 0.717) is 6.61 Å². The number of aromatic nitrogens is 2. The van der Waals surface area contributed by atoms with Gasteiger partial charge in [-0.3, -0.25) is 14.3 Å². The van der Waals surface area contributed by atoms with Gasteiger partial charge in [-0.1, -0.05) is 24.3 Å². The summed E-state index contributed by atoms with van der Waals surface area (Å²) in [7, 11) is -0.378. The minimum Gasteiger partial charge on any atom is -0.405 e. The third kappa shape index (κ3) is 3.02. The van der Waals surface area contributed by atoms with Crippen molar-refractivity contribution in [2.24, 2.45) is 0 Å². The molecule has 6 nitrogen and oxygen atoms in total. The number of hydrogen-bond donors (Lipinski definition) is 1. The zero-order valence-electron chi connectivity index (χ0n) is 11.9. The quantitative estimate of drug-likeness (QED) is 0.801. The van der Waals surface area contributed by atoms with Crippen LogP contribution in [0.25, 0.3) is 0 Å². The molecule has 1 aliphatic heterocycles. The van der Waals surface area contributed by atoms with Gasteiger partial charge in [-0.25, -0.2) is 4.79 Å². The summed E-state index contributed by atoms with van der Waals surface area (Å²) >= 11 is 0. The lowest BCUT2D eigenvalue weighted by molar-refractivity contribution is 0.258. The first kappa shape index (κ1) is 14.7. The van der Waals surface area contributed by atoms with Gasteiger partial charge in [0, 0.05) is 0 Å². The molecule has 0 saturated carbocycles. The second-order valence-corrected chi connectivity index (χ2v) is 5.22. The summed E-state index contributed by atoms with van der Waals surface area (Å²) < 4.78 is 25.4. The van der Waals surface area contributed by atoms with Crippen molar-refractivity contribution in [1.29, 1.82) is 0 Å². The third-order valence-corrected chi connectivity index (χ3v) is 3.41. The SMILES string of the molecule is CC1COB(c2ccc(Cn3cc(F)c(=O)[nH]c3=O)cc2)O1. The maximum atomic E-state index is 13.2. The molecule has 1 fully saturated rings. The minimum atomic E-state index is -1.01. The van der Waals surface area contributed by atoms with E-state index in [1.807, 2.05) is 24.0 Å². The van der Waals surface area contributed by atoms with Crippen LogP contribution in [0.5, 0.6) is 0 Å². The molecule has 0 spiro atoms. The van der Waals surface area contributed by atoms with Crippen molar-refractivity contribution in [3.05, 3.63) is 62.7 Å². The Morgan fingerprint density at radius 1 is 1.36 bits per heavy atom. The molecule has 0 aliphatic carbocycles. The molecule has 8 heteroatoms. The van der Waals surface area contributed by atoms with E-state index in [9.17, 15) is 14.0 Å². The van der Waals surface area contributed by atoms with Gasteiger partial charge in [0.2, 0.25) is 5.82 Å². The van der Waals surface area contributed by atoms with Crippen molar-refractivity contribution in [2.75, 3.05) is 6.61 Å². The minimum absolute atomic E-state index is 0.0624. The van der Waals surface area contributed by atoms with E-state index in [1.165, 1.54) is 0 Å². The fraction of sp³-hybridized carbons (Fsp3) is 0.286. The van der Waals surface area contributed by atoms with Crippen LogP contribution >= 0.6 is 0 Å². The first-order valence-electron chi connectivity index (χ1n) is 6.88. The molecule has 1 aromatic carbocycles. The Labute approximate surface area is 125 Å². The van der Waals surface area contributed by atoms with Crippen LogP contribution in [-0.2, 0) is 15.9 Å². The summed E-state index contributed by atoms with van der Waals surface area (Å²) in [6.07, 6.45) is 0.965. The van der Waals surface area contributed by atoms with Gasteiger partial charge in [0.05, 0.1) is 25.5 Å². The van der Waals surface area contributed by atoms with Gasteiger partial charge in [-0.05, 0) is 17.9 Å². The highest BCUT2D eigenvalue weighted by Crippen LogP contribution is 2.08. The number of nitrogens with zero attached hydrogens (tertiary/aromatic N) is 1. The van der Waals surface area contributed by atoms with E-state index >= 15 is 0 Å². The highest BCUT2D eigenvalue weighted by Gasteiger charge is 2.30. The molecular weight excluding hydrogens is 290 g/mol. The van der Waals surface area contributed by atoms with E-state index in [2.05, 4.69) is 0 Å². The third-order valence-electron chi connectivity index (χ3n) is 3.41. The predicted octanol–water partition coefficient (Wildman–Crippen LogP) is -0.146. The van der Waals surface area contributed by atoms with Crippen molar-refractivity contribution >= 4 is 12.6 Å². The second-order valence-electron chi connectivity index (χ2n) is 5.22. The van der Waals surface area contributed by atoms with Gasteiger partial charge in [0.25, 0.3) is 5.56 Å². The van der Waals surface area contributed by atoms with Crippen LogP contribution in [0.1, 0.15) is 12.5 Å². The Morgan fingerprint density at radius 3 is 2.73 bits per heavy atom. The Hall–Kier alpha value is -2.19. The zero-order valence-corrected chi connectivity index (χ0v) is 11.9. The fourth-order valence-electron chi connectivity index (χ4n) is 2.26. The number of halogens is 1. The Morgan fingerprint density at radius 2 is 2.09 bits per heavy atom. The average molecular weight is 304 g/mol. The molecule has 114 valence electrons. The molecular formula is C14H14BFN2O4. The molecule has 0 radical (unpaired) electrons. The maximum Gasteiger partial charge on any atom is 0.494 e. The lowest BCUT2D eigenvalue weighted by atomic mass is 9.79. The molecule has 22 heavy (non-hydrogen) atoms. The molecule has 1 aliphatic rings. The van der Waals surface area contributed by atoms with Crippen LogP contribution in [0.15, 0.2) is 40.1 Å². The van der Waals surface area contributed by atoms with Crippen molar-refractivity contribution < 1.29 is 13.7 Å². The topological polar surface area (TPSA) is 73.3 Å². The van der Waals surface area contributed by atoms with E-state index < -0.39 is 17.1 Å². The number of benzene rings is 1. The molecule has 1 saturated heterocycles. The van der Waals surface area contributed by atoms with Crippen LogP contribution in [0.3, 0.4) is 0 Å². The molecule has 1 aromatic heterocycles. The van der Waals surface area contributed by atoms with Gasteiger partial charge in [0.1, 0.15) is 0 Å². The summed E-state index contributed by atoms with van der Waals surface area (Å²) in [5, 5.41) is 0. The Balaban J connectivity index is 1.78. The van der Waals surface area contributed by atoms with Gasteiger partial charge in [0.15, 0.2) is 0 Å². The van der Waals surface area contributed by atoms with Crippen LogP contribution in [0, 0.1) is 5.82 Å². The monoisotopic (exact) mass is 304 g/mol. The first-order chi connectivity index (χ1) is 10.5. The van der Waals surface area contributed by atoms with Crippen LogP contribution in [0.2, 0.25) is 0 Å². The van der Waals surface area contributed by atoms with Crippen LogP contribution in [0.4, 0.5) is 4.39 Å². The molecule has 1 N–H and O–H groups in total. The van der Waals surface area contributed by atoms with Gasteiger partial charge in [-0.15, -0.1) is 0 Å². The van der Waals surface area contributed by atoms with E-state index in [-0.39, 0.29) is 19.8 Å². The van der Waals surface area contributed by atoms with E-state index in [1.54, 1.807) is 12.1 Å². The number of rotatable bonds is 3. The summed E-state index contributed by atoms with van der Waals surface area (Å²) in [5.41, 5.74) is 0.0180. The van der Waals surface area contributed by atoms with Crippen LogP contribution < -0.4 is 16.7 Å². The number of hydrogen-bond acceptors (Lipinski definition) is 4. The first-order valence-corrected chi connectivity index (χ1v) is 6.88. The van der Waals surface area contributed by atoms with Crippen LogP contribution in [-0.4, -0.2) is 29.4 Å². The van der Waals surface area contributed by atoms with Crippen molar-refractivity contribution in [3.63, 3.8) is 0 Å². The maximum absolute atomic E-state index is 13.2. The van der Waals surface area contributed by atoms with E-state index in [0.717, 1.165) is 21.8 Å². The van der Waals surface area contributed by atoms with Crippen molar-refractivity contribution in [3.8, 4) is 0 Å². The molecule has 0 amide bonds. The molecule has 2 aromatic rings. The standard InChI is InChI=1S/C14H14BFN2O4/c1-9-8-21-15(22-9)11-4-2-10(3-5-11)6-18-7-12(16)13(19)17-14(18)20/h2-5,7,9H,6,8H2,1H3,(H,17,19,20). The highest BCUT2D eigenvalue weighted by molar-refractivity contribution is 6.61. The Bertz CT molecular complexity index is 787. The smallest absolute Gasteiger partial charge is 0.405 e. The molecule has 1 atom stereocenters. The Kier molecular flexibility index (Phi) is 3.95. The zero-order chi connectivity index (χ0) is 15.7. The summed E-state index contributed by atoms with van der Waals surface area (Å²) in [6, 6.07) is 7.29. The summed E-state index contributed by atoms with van der Waals surface area (Å²) in [5.74, 6) is -0.988.